The van der Waals surface area contributed by atoms with Crippen molar-refractivity contribution >= 4 is 5.82 Å². The van der Waals surface area contributed by atoms with Gasteiger partial charge in [0.2, 0.25) is 0 Å². The highest BCUT2D eigenvalue weighted by atomic mass is 15.1. The molecule has 0 aliphatic carbocycles. The summed E-state index contributed by atoms with van der Waals surface area (Å²) in [5, 5.41) is 0. The van der Waals surface area contributed by atoms with Crippen molar-refractivity contribution in [3.63, 3.8) is 0 Å². The summed E-state index contributed by atoms with van der Waals surface area (Å²) in [6, 6.07) is 0. The first-order valence-corrected chi connectivity index (χ1v) is 4.16. The Morgan fingerprint density at radius 2 is 2.08 bits per heavy atom. The van der Waals surface area contributed by atoms with Gasteiger partial charge in [0.1, 0.15) is 11.6 Å². The first-order chi connectivity index (χ1) is 5.40. The summed E-state index contributed by atoms with van der Waals surface area (Å²) in [7, 11) is 1.95. The Morgan fingerprint density at radius 3 is 2.42 bits per heavy atom. The second-order valence-corrected chi connectivity index (χ2v) is 4.40. The van der Waals surface area contributed by atoms with E-state index in [0.29, 0.717) is 0 Å². The third-order valence-corrected chi connectivity index (χ3v) is 1.81. The Kier molecular flexibility index (Phi) is 2.13. The quantitative estimate of drug-likeness (QED) is 0.690. The number of imidazole rings is 1. The van der Waals surface area contributed by atoms with Crippen molar-refractivity contribution in [1.82, 2.24) is 9.55 Å². The molecule has 0 aliphatic heterocycles. The van der Waals surface area contributed by atoms with Gasteiger partial charge in [-0.15, -0.1) is 0 Å². The van der Waals surface area contributed by atoms with E-state index in [4.69, 9.17) is 5.73 Å². The van der Waals surface area contributed by atoms with Crippen LogP contribution in [0.5, 0.6) is 0 Å². The molecule has 0 aliphatic rings. The van der Waals surface area contributed by atoms with E-state index < -0.39 is 0 Å². The fourth-order valence-corrected chi connectivity index (χ4v) is 1.10. The zero-order chi connectivity index (χ0) is 9.35. The van der Waals surface area contributed by atoms with Gasteiger partial charge in [0.25, 0.3) is 0 Å². The van der Waals surface area contributed by atoms with E-state index in [9.17, 15) is 0 Å². The fraction of sp³-hybridized carbons (Fsp3) is 0.667. The van der Waals surface area contributed by atoms with Crippen LogP contribution in [-0.2, 0) is 13.5 Å². The van der Waals surface area contributed by atoms with Crippen molar-refractivity contribution < 1.29 is 0 Å². The van der Waals surface area contributed by atoms with Gasteiger partial charge in [-0.2, -0.15) is 0 Å². The van der Waals surface area contributed by atoms with Crippen LogP contribution in [-0.4, -0.2) is 9.55 Å². The number of nitrogen functional groups attached to an aromatic ring is 1. The number of aromatic nitrogens is 2. The minimum atomic E-state index is 0.269. The topological polar surface area (TPSA) is 43.8 Å². The molecule has 68 valence electrons. The highest BCUT2D eigenvalue weighted by Gasteiger charge is 2.14. The molecule has 1 aromatic rings. The van der Waals surface area contributed by atoms with Gasteiger partial charge < -0.3 is 10.3 Å². The van der Waals surface area contributed by atoms with Gasteiger partial charge in [0.05, 0.1) is 6.20 Å². The number of hydrogen-bond donors (Lipinski definition) is 1. The van der Waals surface area contributed by atoms with E-state index in [1.165, 1.54) is 0 Å². The molecule has 0 fully saturated rings. The highest BCUT2D eigenvalue weighted by molar-refractivity contribution is 5.27. The number of nitrogens with two attached hydrogens (primary N) is 1. The number of hydrogen-bond acceptors (Lipinski definition) is 2. The monoisotopic (exact) mass is 167 g/mol. The molecule has 0 radical (unpaired) electrons. The minimum absolute atomic E-state index is 0.269. The summed E-state index contributed by atoms with van der Waals surface area (Å²) < 4.78 is 1.94. The third-order valence-electron chi connectivity index (χ3n) is 1.81. The molecule has 0 unspecified atom stereocenters. The maximum absolute atomic E-state index is 5.66. The summed E-state index contributed by atoms with van der Waals surface area (Å²) in [6.07, 6.45) is 2.67. The molecular formula is C9H17N3. The molecule has 0 spiro atoms. The Morgan fingerprint density at radius 1 is 1.50 bits per heavy atom. The molecule has 1 rings (SSSR count). The molecule has 0 atom stereocenters. The maximum Gasteiger partial charge on any atom is 0.123 e. The van der Waals surface area contributed by atoms with Crippen LogP contribution in [0.1, 0.15) is 26.6 Å². The molecule has 0 saturated carbocycles. The molecule has 12 heavy (non-hydrogen) atoms. The molecule has 0 aromatic carbocycles. The number of rotatable bonds is 1. The second-order valence-electron chi connectivity index (χ2n) is 4.40. The molecular weight excluding hydrogens is 150 g/mol. The summed E-state index contributed by atoms with van der Waals surface area (Å²) >= 11 is 0. The normalized spacial score (nSPS) is 12.0. The summed E-state index contributed by atoms with van der Waals surface area (Å²) in [5.41, 5.74) is 5.93. The van der Waals surface area contributed by atoms with Crippen molar-refractivity contribution in [1.29, 1.82) is 0 Å². The zero-order valence-electron chi connectivity index (χ0n) is 8.26. The molecule has 0 amide bonds. The lowest BCUT2D eigenvalue weighted by Gasteiger charge is -2.17. The third kappa shape index (κ3) is 2.00. The average Bonchev–Trinajstić information content (AvgIpc) is 2.16. The maximum atomic E-state index is 5.66. The summed E-state index contributed by atoms with van der Waals surface area (Å²) in [4.78, 5) is 4.24. The van der Waals surface area contributed by atoms with Crippen LogP contribution in [0.4, 0.5) is 5.82 Å². The number of nitrogens with zero attached hydrogens (tertiary/aromatic N) is 2. The van der Waals surface area contributed by atoms with Gasteiger partial charge in [-0.3, -0.25) is 0 Å². The predicted octanol–water partition coefficient (Wildman–Crippen LogP) is 1.59. The van der Waals surface area contributed by atoms with Crippen LogP contribution in [0.3, 0.4) is 0 Å². The Labute approximate surface area is 73.6 Å². The van der Waals surface area contributed by atoms with Gasteiger partial charge >= 0.3 is 0 Å². The van der Waals surface area contributed by atoms with Crippen LogP contribution in [0.15, 0.2) is 6.20 Å². The van der Waals surface area contributed by atoms with Gasteiger partial charge in [-0.05, 0) is 5.41 Å². The predicted molar refractivity (Wildman–Crippen MR) is 50.8 cm³/mol. The van der Waals surface area contributed by atoms with Crippen molar-refractivity contribution in [2.24, 2.45) is 12.5 Å². The SMILES string of the molecule is Cn1c(N)cnc1CC(C)(C)C. The second kappa shape index (κ2) is 2.81. The van der Waals surface area contributed by atoms with E-state index in [1.54, 1.807) is 6.20 Å². The summed E-state index contributed by atoms with van der Waals surface area (Å²) in [5.74, 6) is 1.79. The van der Waals surface area contributed by atoms with Crippen molar-refractivity contribution in [3.8, 4) is 0 Å². The molecule has 1 heterocycles. The smallest absolute Gasteiger partial charge is 0.123 e. The van der Waals surface area contributed by atoms with E-state index in [1.807, 2.05) is 11.6 Å². The van der Waals surface area contributed by atoms with Gasteiger partial charge in [-0.25, -0.2) is 4.98 Å². The van der Waals surface area contributed by atoms with E-state index in [2.05, 4.69) is 25.8 Å². The van der Waals surface area contributed by atoms with Crippen LogP contribution in [0.2, 0.25) is 0 Å². The van der Waals surface area contributed by atoms with Crippen molar-refractivity contribution in [3.05, 3.63) is 12.0 Å². The van der Waals surface area contributed by atoms with Crippen molar-refractivity contribution in [2.45, 2.75) is 27.2 Å². The lowest BCUT2D eigenvalue weighted by molar-refractivity contribution is 0.396. The van der Waals surface area contributed by atoms with Crippen LogP contribution >= 0.6 is 0 Å². The van der Waals surface area contributed by atoms with E-state index in [0.717, 1.165) is 18.1 Å². The highest BCUT2D eigenvalue weighted by Crippen LogP contribution is 2.20. The standard InChI is InChI=1S/C9H17N3/c1-9(2,3)5-8-11-6-7(10)12(8)4/h6H,5,10H2,1-4H3. The molecule has 3 heteroatoms. The van der Waals surface area contributed by atoms with Crippen LogP contribution in [0.25, 0.3) is 0 Å². The first kappa shape index (κ1) is 9.10. The molecule has 1 aromatic heterocycles. The van der Waals surface area contributed by atoms with Gasteiger partial charge in [0, 0.05) is 13.5 Å². The van der Waals surface area contributed by atoms with Gasteiger partial charge in [0.15, 0.2) is 0 Å². The lowest BCUT2D eigenvalue weighted by Crippen LogP contribution is -2.13. The average molecular weight is 167 g/mol. The minimum Gasteiger partial charge on any atom is -0.384 e. The molecule has 0 saturated heterocycles. The molecule has 3 nitrogen and oxygen atoms in total. The molecule has 2 N–H and O–H groups in total. The Bertz CT molecular complexity index is 268. The zero-order valence-corrected chi connectivity index (χ0v) is 8.26. The summed E-state index contributed by atoms with van der Waals surface area (Å²) in [6.45, 7) is 6.58. The van der Waals surface area contributed by atoms with Gasteiger partial charge in [-0.1, -0.05) is 20.8 Å². The largest absolute Gasteiger partial charge is 0.384 e. The Hall–Kier alpha value is -0.990. The number of anilines is 1. The lowest BCUT2D eigenvalue weighted by atomic mass is 9.92. The van der Waals surface area contributed by atoms with E-state index in [-0.39, 0.29) is 5.41 Å². The van der Waals surface area contributed by atoms with Crippen molar-refractivity contribution in [2.75, 3.05) is 5.73 Å². The van der Waals surface area contributed by atoms with Crippen LogP contribution < -0.4 is 5.73 Å². The van der Waals surface area contributed by atoms with E-state index >= 15 is 0 Å². The van der Waals surface area contributed by atoms with Crippen LogP contribution in [0, 0.1) is 5.41 Å². The first-order valence-electron chi connectivity index (χ1n) is 4.16. The fourth-order valence-electron chi connectivity index (χ4n) is 1.10. The Balaban J connectivity index is 2.83. The molecule has 0 bridgehead atoms.